The Morgan fingerprint density at radius 3 is 2.45 bits per heavy atom. The number of anilines is 1. The van der Waals surface area contributed by atoms with Crippen LogP contribution in [-0.2, 0) is 15.8 Å². The van der Waals surface area contributed by atoms with E-state index in [2.05, 4.69) is 4.72 Å². The van der Waals surface area contributed by atoms with E-state index in [-0.39, 0.29) is 5.75 Å². The molecule has 4 rings (SSSR count). The van der Waals surface area contributed by atoms with Crippen LogP contribution in [0.15, 0.2) is 67.0 Å². The molecule has 0 saturated carbocycles. The monoisotopic (exact) mass is 405 g/mol. The van der Waals surface area contributed by atoms with Gasteiger partial charge >= 0.3 is 0 Å². The molecule has 0 bridgehead atoms. The fraction of sp³-hybridized carbons (Fsp3) is 0.174. The number of benzene rings is 2. The van der Waals surface area contributed by atoms with E-state index in [1.54, 1.807) is 0 Å². The van der Waals surface area contributed by atoms with Gasteiger partial charge in [-0.25, -0.2) is 13.4 Å². The molecule has 2 aromatic heterocycles. The minimum atomic E-state index is -3.53. The van der Waals surface area contributed by atoms with Crippen LogP contribution in [-0.4, -0.2) is 17.8 Å². The van der Waals surface area contributed by atoms with Crippen molar-refractivity contribution in [1.82, 2.24) is 9.38 Å². The first-order valence-electron chi connectivity index (χ1n) is 9.42. The molecular formula is C23H23N3O2S. The quantitative estimate of drug-likeness (QED) is 0.515. The number of nitrogens with one attached hydrogen (secondary N) is 1. The number of imidazole rings is 1. The van der Waals surface area contributed by atoms with Gasteiger partial charge in [0, 0.05) is 18.0 Å². The summed E-state index contributed by atoms with van der Waals surface area (Å²) in [6.45, 7) is 5.89. The number of aryl methyl sites for hydroxylation is 3. The minimum absolute atomic E-state index is 0.0650. The van der Waals surface area contributed by atoms with Crippen LogP contribution in [0.25, 0.3) is 16.9 Å². The highest BCUT2D eigenvalue weighted by Crippen LogP contribution is 2.27. The number of fused-ring (bicyclic) bond motifs is 1. The van der Waals surface area contributed by atoms with Crippen molar-refractivity contribution in [2.45, 2.75) is 26.5 Å². The summed E-state index contributed by atoms with van der Waals surface area (Å²) in [6.07, 6.45) is 3.91. The van der Waals surface area contributed by atoms with Crippen molar-refractivity contribution in [1.29, 1.82) is 0 Å². The summed E-state index contributed by atoms with van der Waals surface area (Å²) in [6, 6.07) is 17.2. The highest BCUT2D eigenvalue weighted by molar-refractivity contribution is 7.91. The maximum atomic E-state index is 12.7. The van der Waals surface area contributed by atoms with Crippen molar-refractivity contribution < 1.29 is 8.42 Å². The molecule has 0 aliphatic rings. The number of pyridine rings is 1. The van der Waals surface area contributed by atoms with Gasteiger partial charge in [-0.2, -0.15) is 0 Å². The summed E-state index contributed by atoms with van der Waals surface area (Å²) in [4.78, 5) is 4.71. The first kappa shape index (κ1) is 19.2. The number of hydrogen-bond donors (Lipinski definition) is 1. The van der Waals surface area contributed by atoms with Crippen LogP contribution in [0.2, 0.25) is 0 Å². The number of nitrogens with zero attached hydrogens (tertiary/aromatic N) is 2. The molecule has 0 unspecified atom stereocenters. The Balaban J connectivity index is 1.64. The first-order chi connectivity index (χ1) is 13.8. The highest BCUT2D eigenvalue weighted by Gasteiger charge is 2.15. The van der Waals surface area contributed by atoms with Crippen molar-refractivity contribution >= 4 is 21.4 Å². The third-order valence-electron chi connectivity index (χ3n) is 4.95. The van der Waals surface area contributed by atoms with Crippen LogP contribution in [0.3, 0.4) is 0 Å². The van der Waals surface area contributed by atoms with E-state index in [1.807, 2.05) is 92.2 Å². The van der Waals surface area contributed by atoms with Crippen molar-refractivity contribution in [3.8, 4) is 11.3 Å². The predicted molar refractivity (Wildman–Crippen MR) is 118 cm³/mol. The molecule has 2 aromatic carbocycles. The smallest absolute Gasteiger partial charge is 0.236 e. The van der Waals surface area contributed by atoms with Gasteiger partial charge in [0.15, 0.2) is 0 Å². The lowest BCUT2D eigenvalue weighted by molar-refractivity contribution is 0.600. The fourth-order valence-corrected chi connectivity index (χ4v) is 4.55. The number of sulfonamides is 1. The van der Waals surface area contributed by atoms with Gasteiger partial charge in [0.2, 0.25) is 10.0 Å². The number of aromatic nitrogens is 2. The van der Waals surface area contributed by atoms with Crippen molar-refractivity contribution in [3.63, 3.8) is 0 Å². The standard InChI is InChI=1S/C23H23N3O2S/c1-16-6-9-19(10-7-16)15-29(27,28)25-21-13-20(11-8-17(21)2)22-14-26-12-4-5-18(3)23(26)24-22/h4-14,25H,15H2,1-3H3. The minimum Gasteiger partial charge on any atom is -0.306 e. The molecule has 6 heteroatoms. The predicted octanol–water partition coefficient (Wildman–Crippen LogP) is 4.87. The molecule has 0 atom stereocenters. The van der Waals surface area contributed by atoms with E-state index >= 15 is 0 Å². The number of hydrogen-bond acceptors (Lipinski definition) is 3. The molecular weight excluding hydrogens is 382 g/mol. The molecule has 0 amide bonds. The summed E-state index contributed by atoms with van der Waals surface area (Å²) in [5.41, 5.74) is 6.95. The van der Waals surface area contributed by atoms with E-state index in [4.69, 9.17) is 4.98 Å². The highest BCUT2D eigenvalue weighted by atomic mass is 32.2. The zero-order valence-corrected chi connectivity index (χ0v) is 17.5. The normalized spacial score (nSPS) is 11.7. The SMILES string of the molecule is Cc1ccc(CS(=O)(=O)Nc2cc(-c3cn4cccc(C)c4n3)ccc2C)cc1. The van der Waals surface area contributed by atoms with Crippen LogP contribution < -0.4 is 4.72 Å². The third-order valence-corrected chi connectivity index (χ3v) is 6.20. The Bertz CT molecular complexity index is 1290. The average Bonchev–Trinajstić information content (AvgIpc) is 3.11. The summed E-state index contributed by atoms with van der Waals surface area (Å²) in [5, 5.41) is 0. The van der Waals surface area contributed by atoms with Crippen molar-refractivity contribution in [3.05, 3.63) is 89.2 Å². The molecule has 4 aromatic rings. The first-order valence-corrected chi connectivity index (χ1v) is 11.1. The zero-order chi connectivity index (χ0) is 20.6. The van der Waals surface area contributed by atoms with Crippen LogP contribution >= 0.6 is 0 Å². The second-order valence-electron chi connectivity index (χ2n) is 7.42. The van der Waals surface area contributed by atoms with E-state index < -0.39 is 10.0 Å². The van der Waals surface area contributed by atoms with Crippen molar-refractivity contribution in [2.75, 3.05) is 4.72 Å². The summed E-state index contributed by atoms with van der Waals surface area (Å²) >= 11 is 0. The maximum Gasteiger partial charge on any atom is 0.236 e. The van der Waals surface area contributed by atoms with Gasteiger partial charge in [-0.15, -0.1) is 0 Å². The Morgan fingerprint density at radius 1 is 0.966 bits per heavy atom. The lowest BCUT2D eigenvalue weighted by Gasteiger charge is -2.12. The van der Waals surface area contributed by atoms with E-state index in [0.29, 0.717) is 5.69 Å². The zero-order valence-electron chi connectivity index (χ0n) is 16.7. The van der Waals surface area contributed by atoms with Crippen LogP contribution in [0.5, 0.6) is 0 Å². The van der Waals surface area contributed by atoms with Crippen LogP contribution in [0, 0.1) is 20.8 Å². The van der Waals surface area contributed by atoms with Gasteiger partial charge in [0.05, 0.1) is 17.1 Å². The molecule has 2 heterocycles. The van der Waals surface area contributed by atoms with Crippen LogP contribution in [0.1, 0.15) is 22.3 Å². The molecule has 1 N–H and O–H groups in total. The Morgan fingerprint density at radius 2 is 1.72 bits per heavy atom. The van der Waals surface area contributed by atoms with Gasteiger partial charge in [0.25, 0.3) is 0 Å². The Hall–Kier alpha value is -3.12. The molecule has 0 aliphatic carbocycles. The topological polar surface area (TPSA) is 63.5 Å². The average molecular weight is 406 g/mol. The molecule has 0 saturated heterocycles. The lowest BCUT2D eigenvalue weighted by Crippen LogP contribution is -2.15. The molecule has 5 nitrogen and oxygen atoms in total. The van der Waals surface area contributed by atoms with Gasteiger partial charge < -0.3 is 4.40 Å². The lowest BCUT2D eigenvalue weighted by atomic mass is 10.1. The van der Waals surface area contributed by atoms with Gasteiger partial charge in [0.1, 0.15) is 5.65 Å². The van der Waals surface area contributed by atoms with E-state index in [9.17, 15) is 8.42 Å². The Labute approximate surface area is 171 Å². The van der Waals surface area contributed by atoms with Gasteiger partial charge in [-0.1, -0.05) is 48.0 Å². The number of rotatable bonds is 5. The van der Waals surface area contributed by atoms with E-state index in [0.717, 1.165) is 39.2 Å². The van der Waals surface area contributed by atoms with E-state index in [1.165, 1.54) is 0 Å². The third kappa shape index (κ3) is 4.17. The second kappa shape index (κ2) is 7.37. The van der Waals surface area contributed by atoms with Gasteiger partial charge in [-0.05, 0) is 49.6 Å². The summed E-state index contributed by atoms with van der Waals surface area (Å²) in [7, 11) is -3.53. The molecule has 148 valence electrons. The Kier molecular flexibility index (Phi) is 4.88. The largest absolute Gasteiger partial charge is 0.306 e. The fourth-order valence-electron chi connectivity index (χ4n) is 3.29. The second-order valence-corrected chi connectivity index (χ2v) is 9.15. The molecule has 0 aliphatic heterocycles. The van der Waals surface area contributed by atoms with Crippen molar-refractivity contribution in [2.24, 2.45) is 0 Å². The summed E-state index contributed by atoms with van der Waals surface area (Å²) in [5.74, 6) is -0.0650. The maximum absolute atomic E-state index is 12.7. The summed E-state index contributed by atoms with van der Waals surface area (Å²) < 4.78 is 30.1. The van der Waals surface area contributed by atoms with Gasteiger partial charge in [-0.3, -0.25) is 4.72 Å². The molecule has 0 fully saturated rings. The van der Waals surface area contributed by atoms with Crippen LogP contribution in [0.4, 0.5) is 5.69 Å². The molecule has 0 spiro atoms. The molecule has 0 radical (unpaired) electrons. The molecule has 29 heavy (non-hydrogen) atoms.